The van der Waals surface area contributed by atoms with Crippen LogP contribution in [0.25, 0.3) is 0 Å². The molecule has 1 aromatic rings. The van der Waals surface area contributed by atoms with Crippen LogP contribution in [0.1, 0.15) is 18.0 Å². The van der Waals surface area contributed by atoms with E-state index in [2.05, 4.69) is 5.32 Å². The standard InChI is InChI=1S/C11H13F2NO.ClH/c1-15-9-5-3-2-4-8(9)10-11(12,13)6-7-14-10;/h2-5,10,14H,6-7H2,1H3;1H. The molecule has 1 aliphatic heterocycles. The lowest BCUT2D eigenvalue weighted by molar-refractivity contribution is -0.0123. The first-order chi connectivity index (χ1) is 7.15. The van der Waals surface area contributed by atoms with Gasteiger partial charge in [0.25, 0.3) is 5.92 Å². The molecule has 5 heteroatoms. The fourth-order valence-electron chi connectivity index (χ4n) is 1.92. The maximum Gasteiger partial charge on any atom is 0.268 e. The first-order valence-electron chi connectivity index (χ1n) is 4.89. The Morgan fingerprint density at radius 1 is 1.38 bits per heavy atom. The van der Waals surface area contributed by atoms with E-state index in [0.29, 0.717) is 17.9 Å². The summed E-state index contributed by atoms with van der Waals surface area (Å²) in [5, 5.41) is 2.81. The zero-order valence-electron chi connectivity index (χ0n) is 8.87. The highest BCUT2D eigenvalue weighted by Gasteiger charge is 2.45. The predicted octanol–water partition coefficient (Wildman–Crippen LogP) is 2.79. The Morgan fingerprint density at radius 3 is 2.62 bits per heavy atom. The first kappa shape index (κ1) is 13.2. The van der Waals surface area contributed by atoms with Gasteiger partial charge < -0.3 is 10.1 Å². The second-order valence-electron chi connectivity index (χ2n) is 3.64. The number of rotatable bonds is 2. The van der Waals surface area contributed by atoms with Crippen LogP contribution < -0.4 is 10.1 Å². The van der Waals surface area contributed by atoms with Crippen LogP contribution in [-0.4, -0.2) is 19.6 Å². The van der Waals surface area contributed by atoms with Crippen LogP contribution in [0.3, 0.4) is 0 Å². The minimum atomic E-state index is -2.69. The zero-order valence-corrected chi connectivity index (χ0v) is 9.69. The lowest BCUT2D eigenvalue weighted by Gasteiger charge is -2.21. The molecule has 1 N–H and O–H groups in total. The summed E-state index contributed by atoms with van der Waals surface area (Å²) in [5.41, 5.74) is 0.530. The van der Waals surface area contributed by atoms with E-state index in [0.717, 1.165) is 0 Å². The van der Waals surface area contributed by atoms with Crippen molar-refractivity contribution in [3.8, 4) is 5.75 Å². The van der Waals surface area contributed by atoms with E-state index >= 15 is 0 Å². The lowest BCUT2D eigenvalue weighted by atomic mass is 10.0. The third-order valence-electron chi connectivity index (χ3n) is 2.68. The van der Waals surface area contributed by atoms with Crippen molar-refractivity contribution in [3.05, 3.63) is 29.8 Å². The topological polar surface area (TPSA) is 21.3 Å². The molecule has 1 fully saturated rings. The monoisotopic (exact) mass is 249 g/mol. The predicted molar refractivity (Wildman–Crippen MR) is 60.5 cm³/mol. The fraction of sp³-hybridized carbons (Fsp3) is 0.455. The van der Waals surface area contributed by atoms with Crippen molar-refractivity contribution in [2.45, 2.75) is 18.4 Å². The van der Waals surface area contributed by atoms with Crippen molar-refractivity contribution in [2.75, 3.05) is 13.7 Å². The molecule has 0 radical (unpaired) electrons. The van der Waals surface area contributed by atoms with E-state index in [1.54, 1.807) is 24.3 Å². The number of hydrogen-bond donors (Lipinski definition) is 1. The number of ether oxygens (including phenoxy) is 1. The number of para-hydroxylation sites is 1. The number of nitrogens with one attached hydrogen (secondary N) is 1. The highest BCUT2D eigenvalue weighted by molar-refractivity contribution is 5.85. The summed E-state index contributed by atoms with van der Waals surface area (Å²) in [7, 11) is 1.49. The van der Waals surface area contributed by atoms with Crippen molar-refractivity contribution in [1.29, 1.82) is 0 Å². The van der Waals surface area contributed by atoms with Gasteiger partial charge in [-0.15, -0.1) is 12.4 Å². The highest BCUT2D eigenvalue weighted by Crippen LogP contribution is 2.41. The van der Waals surface area contributed by atoms with E-state index in [-0.39, 0.29) is 18.8 Å². The van der Waals surface area contributed by atoms with Crippen LogP contribution in [0.4, 0.5) is 8.78 Å². The molecule has 0 spiro atoms. The van der Waals surface area contributed by atoms with Crippen LogP contribution in [0.15, 0.2) is 24.3 Å². The van der Waals surface area contributed by atoms with Gasteiger partial charge in [0.05, 0.1) is 7.11 Å². The Morgan fingerprint density at radius 2 is 2.06 bits per heavy atom. The molecular formula is C11H14ClF2NO. The maximum absolute atomic E-state index is 13.5. The second kappa shape index (κ2) is 4.97. The van der Waals surface area contributed by atoms with E-state index in [1.165, 1.54) is 7.11 Å². The molecule has 1 aliphatic rings. The third kappa shape index (κ3) is 2.28. The molecule has 1 heterocycles. The molecule has 2 rings (SSSR count). The Hall–Kier alpha value is -0.870. The Bertz CT molecular complexity index is 360. The Labute approximate surface area is 99.4 Å². The van der Waals surface area contributed by atoms with E-state index < -0.39 is 12.0 Å². The molecule has 1 aromatic carbocycles. The van der Waals surface area contributed by atoms with Gasteiger partial charge >= 0.3 is 0 Å². The van der Waals surface area contributed by atoms with Crippen molar-refractivity contribution in [3.63, 3.8) is 0 Å². The number of halogens is 3. The summed E-state index contributed by atoms with van der Waals surface area (Å²) in [6.07, 6.45) is -0.115. The Balaban J connectivity index is 0.00000128. The third-order valence-corrected chi connectivity index (χ3v) is 2.68. The largest absolute Gasteiger partial charge is 0.496 e. The molecule has 2 nitrogen and oxygen atoms in total. The summed E-state index contributed by atoms with van der Waals surface area (Å²) in [6.45, 7) is 0.343. The molecule has 1 saturated heterocycles. The average Bonchev–Trinajstić information content (AvgIpc) is 2.58. The lowest BCUT2D eigenvalue weighted by Crippen LogP contribution is -2.26. The fourth-order valence-corrected chi connectivity index (χ4v) is 1.92. The Kier molecular flexibility index (Phi) is 4.10. The van der Waals surface area contributed by atoms with Crippen molar-refractivity contribution < 1.29 is 13.5 Å². The molecule has 0 amide bonds. The number of benzene rings is 1. The summed E-state index contributed by atoms with van der Waals surface area (Å²) in [4.78, 5) is 0. The van der Waals surface area contributed by atoms with Gasteiger partial charge in [-0.1, -0.05) is 18.2 Å². The van der Waals surface area contributed by atoms with Crippen molar-refractivity contribution in [1.82, 2.24) is 5.32 Å². The van der Waals surface area contributed by atoms with Crippen LogP contribution >= 0.6 is 12.4 Å². The molecule has 1 unspecified atom stereocenters. The number of hydrogen-bond acceptors (Lipinski definition) is 2. The van der Waals surface area contributed by atoms with Crippen LogP contribution in [-0.2, 0) is 0 Å². The van der Waals surface area contributed by atoms with Crippen LogP contribution in [0.5, 0.6) is 5.75 Å². The molecule has 1 atom stereocenters. The van der Waals surface area contributed by atoms with Gasteiger partial charge in [-0.05, 0) is 6.07 Å². The van der Waals surface area contributed by atoms with E-state index in [4.69, 9.17) is 4.74 Å². The van der Waals surface area contributed by atoms with E-state index in [9.17, 15) is 8.78 Å². The van der Waals surface area contributed by atoms with Gasteiger partial charge in [-0.2, -0.15) is 0 Å². The molecule has 0 bridgehead atoms. The average molecular weight is 250 g/mol. The smallest absolute Gasteiger partial charge is 0.268 e. The van der Waals surface area contributed by atoms with Gasteiger partial charge in [0.1, 0.15) is 11.8 Å². The minimum absolute atomic E-state index is 0. The molecule has 90 valence electrons. The van der Waals surface area contributed by atoms with Crippen LogP contribution in [0, 0.1) is 0 Å². The molecule has 16 heavy (non-hydrogen) atoms. The number of alkyl halides is 2. The van der Waals surface area contributed by atoms with Crippen molar-refractivity contribution in [2.24, 2.45) is 0 Å². The summed E-state index contributed by atoms with van der Waals surface area (Å²) >= 11 is 0. The zero-order chi connectivity index (χ0) is 10.9. The van der Waals surface area contributed by atoms with Crippen LogP contribution in [0.2, 0.25) is 0 Å². The van der Waals surface area contributed by atoms with Crippen molar-refractivity contribution >= 4 is 12.4 Å². The maximum atomic E-state index is 13.5. The summed E-state index contributed by atoms with van der Waals surface area (Å²) < 4.78 is 32.1. The quantitative estimate of drug-likeness (QED) is 0.870. The molecule has 0 saturated carbocycles. The second-order valence-corrected chi connectivity index (χ2v) is 3.64. The van der Waals surface area contributed by atoms with Gasteiger partial charge in [0.2, 0.25) is 0 Å². The van der Waals surface area contributed by atoms with E-state index in [1.807, 2.05) is 0 Å². The normalized spacial score (nSPS) is 22.6. The molecule has 0 aromatic heterocycles. The SMILES string of the molecule is COc1ccccc1C1NCCC1(F)F.Cl. The van der Waals surface area contributed by atoms with Gasteiger partial charge in [0, 0.05) is 18.5 Å². The molecular weight excluding hydrogens is 236 g/mol. The molecule has 0 aliphatic carbocycles. The van der Waals surface area contributed by atoms with Gasteiger partial charge in [-0.25, -0.2) is 8.78 Å². The summed E-state index contributed by atoms with van der Waals surface area (Å²) in [5.74, 6) is -2.18. The van der Waals surface area contributed by atoms with Gasteiger partial charge in [0.15, 0.2) is 0 Å². The number of methoxy groups -OCH3 is 1. The summed E-state index contributed by atoms with van der Waals surface area (Å²) in [6, 6.07) is 5.97. The van der Waals surface area contributed by atoms with Gasteiger partial charge in [-0.3, -0.25) is 0 Å². The minimum Gasteiger partial charge on any atom is -0.496 e. The first-order valence-corrected chi connectivity index (χ1v) is 4.89. The highest BCUT2D eigenvalue weighted by atomic mass is 35.5.